The van der Waals surface area contributed by atoms with Gasteiger partial charge in [-0.25, -0.2) is 4.57 Å². The number of nitrogens with zero attached hydrogens (tertiary/aromatic N) is 1. The molecule has 0 rings (SSSR count). The molecule has 0 aromatic heterocycles. The number of carbonyl (C=O) groups excluding carboxylic acids is 1. The van der Waals surface area contributed by atoms with Crippen molar-refractivity contribution in [3.63, 3.8) is 0 Å². The lowest BCUT2D eigenvalue weighted by Gasteiger charge is -2.25. The predicted octanol–water partition coefficient (Wildman–Crippen LogP) is 18.6. The van der Waals surface area contributed by atoms with Crippen molar-refractivity contribution in [1.29, 1.82) is 0 Å². The number of carbonyl (C=O) groups is 1. The van der Waals surface area contributed by atoms with Crippen LogP contribution < -0.4 is 5.32 Å². The van der Waals surface area contributed by atoms with Crippen molar-refractivity contribution in [3.05, 3.63) is 12.2 Å². The van der Waals surface area contributed by atoms with E-state index >= 15 is 0 Å². The number of hydrogen-bond acceptors (Lipinski definition) is 5. The zero-order chi connectivity index (χ0) is 50.6. The molecule has 0 aromatic rings. The summed E-state index contributed by atoms with van der Waals surface area (Å²) in [6, 6.07) is -0.842. The van der Waals surface area contributed by atoms with Gasteiger partial charge in [-0.2, -0.15) is 0 Å². The molecule has 0 heterocycles. The largest absolute Gasteiger partial charge is 0.472 e. The van der Waals surface area contributed by atoms with Crippen LogP contribution in [0.15, 0.2) is 12.2 Å². The van der Waals surface area contributed by atoms with Gasteiger partial charge in [0.05, 0.1) is 39.9 Å². The predicted molar refractivity (Wildman–Crippen MR) is 300 cm³/mol. The maximum atomic E-state index is 13.0. The van der Waals surface area contributed by atoms with E-state index in [0.29, 0.717) is 17.4 Å². The molecule has 0 radical (unpaired) electrons. The molecule has 0 saturated carbocycles. The van der Waals surface area contributed by atoms with Crippen LogP contribution >= 0.6 is 7.82 Å². The average molecular weight is 999 g/mol. The van der Waals surface area contributed by atoms with Gasteiger partial charge in [-0.05, 0) is 19.3 Å². The Bertz CT molecular complexity index is 1130. The van der Waals surface area contributed by atoms with Gasteiger partial charge in [0.25, 0.3) is 0 Å². The van der Waals surface area contributed by atoms with Crippen LogP contribution in [0.4, 0.5) is 0 Å². The first-order valence-corrected chi connectivity index (χ1v) is 32.1. The number of likely N-dealkylation sites (N-methyl/N-ethyl adjacent to an activating group) is 1. The van der Waals surface area contributed by atoms with Crippen LogP contribution in [0.1, 0.15) is 316 Å². The fraction of sp³-hybridized carbons (Fsp3) is 0.950. The summed E-state index contributed by atoms with van der Waals surface area (Å²) in [4.78, 5) is 23.3. The van der Waals surface area contributed by atoms with Gasteiger partial charge in [-0.1, -0.05) is 302 Å². The number of quaternary nitrogens is 1. The Morgan fingerprint density at radius 2 is 0.768 bits per heavy atom. The molecule has 9 heteroatoms. The highest BCUT2D eigenvalue weighted by molar-refractivity contribution is 7.47. The summed E-state index contributed by atoms with van der Waals surface area (Å²) in [6.45, 7) is 4.87. The molecule has 0 aliphatic carbocycles. The molecule has 0 bridgehead atoms. The SMILES string of the molecule is CCCCCCCCCCCCCCCCC/C=C/C(O)C(COP(=O)(O)OCC[N+](C)(C)C)NC(=O)CCCCCCCCCCCCCCCCCCCCCCCCCCCCCCCC. The second kappa shape index (κ2) is 52.1. The average Bonchev–Trinajstić information content (AvgIpc) is 3.31. The van der Waals surface area contributed by atoms with Gasteiger partial charge in [-0.15, -0.1) is 0 Å². The molecule has 0 aliphatic heterocycles. The lowest BCUT2D eigenvalue weighted by atomic mass is 10.0. The molecule has 0 aliphatic rings. The molecule has 0 saturated heterocycles. The molecular weight excluding hydrogens is 876 g/mol. The van der Waals surface area contributed by atoms with Gasteiger partial charge in [0.1, 0.15) is 13.2 Å². The highest BCUT2D eigenvalue weighted by Gasteiger charge is 2.27. The van der Waals surface area contributed by atoms with E-state index in [0.717, 1.165) is 32.1 Å². The zero-order valence-electron chi connectivity index (χ0n) is 47.1. The summed E-state index contributed by atoms with van der Waals surface area (Å²) >= 11 is 0. The van der Waals surface area contributed by atoms with Crippen molar-refractivity contribution < 1.29 is 32.9 Å². The third kappa shape index (κ3) is 54.8. The van der Waals surface area contributed by atoms with Gasteiger partial charge in [-0.3, -0.25) is 13.8 Å². The third-order valence-corrected chi connectivity index (χ3v) is 15.2. The number of rotatable bonds is 57. The summed E-state index contributed by atoms with van der Waals surface area (Å²) in [5.41, 5.74) is 0. The second-order valence-corrected chi connectivity index (χ2v) is 23.9. The molecule has 3 atom stereocenters. The molecular formula is C60H122N2O6P+. The quantitative estimate of drug-likeness (QED) is 0.0243. The van der Waals surface area contributed by atoms with Gasteiger partial charge >= 0.3 is 7.82 Å². The smallest absolute Gasteiger partial charge is 0.387 e. The number of nitrogens with one attached hydrogen (secondary N) is 1. The second-order valence-electron chi connectivity index (χ2n) is 22.4. The number of phosphoric acid groups is 1. The first kappa shape index (κ1) is 68.2. The number of amides is 1. The van der Waals surface area contributed by atoms with E-state index in [1.807, 2.05) is 27.2 Å². The molecule has 3 N–H and O–H groups in total. The standard InChI is InChI=1S/C60H121N2O6P/c1-6-8-10-12-14-16-18-20-22-24-25-26-27-28-29-30-31-32-33-34-35-36-38-40-42-44-46-48-50-52-54-60(64)61-58(57-68-69(65,66)67-56-55-62(3,4)5)59(63)53-51-49-47-45-43-41-39-37-23-21-19-17-15-13-11-9-7-2/h51,53,58-59,63H,6-50,52,54-57H2,1-5H3,(H-,61,64,65,66)/p+1/b53-51+. The van der Waals surface area contributed by atoms with Crippen LogP contribution in [-0.2, 0) is 18.4 Å². The Hall–Kier alpha value is -0.760. The van der Waals surface area contributed by atoms with Crippen molar-refractivity contribution in [1.82, 2.24) is 5.32 Å². The Labute approximate surface area is 431 Å². The van der Waals surface area contributed by atoms with Crippen molar-refractivity contribution in [2.24, 2.45) is 0 Å². The van der Waals surface area contributed by atoms with Gasteiger partial charge in [0.2, 0.25) is 5.91 Å². The monoisotopic (exact) mass is 998 g/mol. The number of unbranched alkanes of at least 4 members (excludes halogenated alkanes) is 44. The Kier molecular flexibility index (Phi) is 51.5. The zero-order valence-corrected chi connectivity index (χ0v) is 48.0. The molecule has 0 aromatic carbocycles. The van der Waals surface area contributed by atoms with E-state index in [1.54, 1.807) is 6.08 Å². The molecule has 412 valence electrons. The summed E-state index contributed by atoms with van der Waals surface area (Å²) < 4.78 is 23.7. The van der Waals surface area contributed by atoms with Gasteiger partial charge in [0, 0.05) is 6.42 Å². The van der Waals surface area contributed by atoms with E-state index in [1.165, 1.54) is 263 Å². The number of hydrogen-bond donors (Lipinski definition) is 3. The lowest BCUT2D eigenvalue weighted by molar-refractivity contribution is -0.870. The highest BCUT2D eigenvalue weighted by Crippen LogP contribution is 2.43. The fourth-order valence-electron chi connectivity index (χ4n) is 9.46. The number of phosphoric ester groups is 1. The number of allylic oxidation sites excluding steroid dienone is 1. The first-order valence-electron chi connectivity index (χ1n) is 30.6. The van der Waals surface area contributed by atoms with Crippen LogP contribution in [0, 0.1) is 0 Å². The van der Waals surface area contributed by atoms with Gasteiger partial charge < -0.3 is 19.8 Å². The summed E-state index contributed by atoms with van der Waals surface area (Å²) in [5, 5.41) is 13.9. The van der Waals surface area contributed by atoms with Crippen LogP contribution in [0.25, 0.3) is 0 Å². The van der Waals surface area contributed by atoms with Crippen LogP contribution in [0.2, 0.25) is 0 Å². The van der Waals surface area contributed by atoms with Crippen LogP contribution in [0.5, 0.6) is 0 Å². The number of aliphatic hydroxyl groups is 1. The molecule has 8 nitrogen and oxygen atoms in total. The van der Waals surface area contributed by atoms with E-state index in [4.69, 9.17) is 9.05 Å². The van der Waals surface area contributed by atoms with Crippen molar-refractivity contribution in [2.75, 3.05) is 40.9 Å². The molecule has 0 fully saturated rings. The molecule has 1 amide bonds. The minimum Gasteiger partial charge on any atom is -0.387 e. The maximum absolute atomic E-state index is 13.0. The minimum absolute atomic E-state index is 0.0652. The Morgan fingerprint density at radius 3 is 1.07 bits per heavy atom. The van der Waals surface area contributed by atoms with Crippen molar-refractivity contribution in [2.45, 2.75) is 328 Å². The van der Waals surface area contributed by atoms with E-state index in [9.17, 15) is 19.4 Å². The van der Waals surface area contributed by atoms with E-state index in [-0.39, 0.29) is 19.1 Å². The number of aliphatic hydroxyl groups excluding tert-OH is 1. The molecule has 69 heavy (non-hydrogen) atoms. The summed E-state index contributed by atoms with van der Waals surface area (Å²) in [5.74, 6) is -0.169. The Morgan fingerprint density at radius 1 is 0.478 bits per heavy atom. The maximum Gasteiger partial charge on any atom is 0.472 e. The highest BCUT2D eigenvalue weighted by atomic mass is 31.2. The fourth-order valence-corrected chi connectivity index (χ4v) is 10.2. The lowest BCUT2D eigenvalue weighted by Crippen LogP contribution is -2.45. The van der Waals surface area contributed by atoms with E-state index < -0.39 is 20.0 Å². The molecule has 3 unspecified atom stereocenters. The normalized spacial score (nSPS) is 13.9. The van der Waals surface area contributed by atoms with Crippen molar-refractivity contribution in [3.8, 4) is 0 Å². The van der Waals surface area contributed by atoms with Crippen LogP contribution in [0.3, 0.4) is 0 Å². The first-order chi connectivity index (χ1) is 33.5. The van der Waals surface area contributed by atoms with Crippen LogP contribution in [-0.4, -0.2) is 73.4 Å². The third-order valence-electron chi connectivity index (χ3n) is 14.3. The summed E-state index contributed by atoms with van der Waals surface area (Å²) in [7, 11) is 1.59. The van der Waals surface area contributed by atoms with Gasteiger partial charge in [0.15, 0.2) is 0 Å². The van der Waals surface area contributed by atoms with Crippen molar-refractivity contribution >= 4 is 13.7 Å². The Balaban J connectivity index is 4.04. The summed E-state index contributed by atoms with van der Waals surface area (Å²) in [6.07, 6.45) is 64.7. The van der Waals surface area contributed by atoms with E-state index in [2.05, 4.69) is 19.2 Å². The topological polar surface area (TPSA) is 105 Å². The molecule has 0 spiro atoms. The minimum atomic E-state index is -4.34.